The maximum Gasteiger partial charge on any atom is 0.334 e. The molecule has 0 aliphatic carbocycles. The van der Waals surface area contributed by atoms with Gasteiger partial charge in [-0.15, -0.1) is 0 Å². The van der Waals surface area contributed by atoms with Gasteiger partial charge in [-0.25, -0.2) is 9.59 Å². The van der Waals surface area contributed by atoms with Crippen LogP contribution in [0, 0.1) is 5.92 Å². The van der Waals surface area contributed by atoms with Crippen LogP contribution in [0.15, 0.2) is 0 Å². The van der Waals surface area contributed by atoms with Crippen molar-refractivity contribution < 1.29 is 24.2 Å². The summed E-state index contributed by atoms with van der Waals surface area (Å²) in [5, 5.41) is 11.8. The van der Waals surface area contributed by atoms with Crippen molar-refractivity contribution in [3.63, 3.8) is 0 Å². The molecular weight excluding hydrogens is 264 g/mol. The van der Waals surface area contributed by atoms with Gasteiger partial charge in [0, 0.05) is 13.2 Å². The number of ether oxygens (including phenoxy) is 2. The summed E-state index contributed by atoms with van der Waals surface area (Å²) < 4.78 is 10.4. The maximum absolute atomic E-state index is 12.2. The topological polar surface area (TPSA) is 88.1 Å². The number of carboxylic acids is 1. The Hall–Kier alpha value is -1.34. The van der Waals surface area contributed by atoms with E-state index in [1.54, 1.807) is 0 Å². The lowest BCUT2D eigenvalue weighted by molar-refractivity contribution is -0.154. The highest BCUT2D eigenvalue weighted by Gasteiger charge is 2.30. The Balaban J connectivity index is 2.52. The number of carbonyl (C=O) groups excluding carboxylic acids is 1. The zero-order chi connectivity index (χ0) is 15.1. The highest BCUT2D eigenvalue weighted by atomic mass is 16.5. The predicted molar refractivity (Wildman–Crippen MR) is 72.6 cm³/mol. The van der Waals surface area contributed by atoms with Gasteiger partial charge in [0.25, 0.3) is 0 Å². The molecule has 1 rings (SSSR count). The van der Waals surface area contributed by atoms with E-state index in [4.69, 9.17) is 14.6 Å². The fourth-order valence-corrected chi connectivity index (χ4v) is 1.88. The lowest BCUT2D eigenvalue weighted by Crippen LogP contribution is -2.55. The van der Waals surface area contributed by atoms with E-state index in [0.717, 1.165) is 0 Å². The third-order valence-corrected chi connectivity index (χ3v) is 3.24. The molecule has 7 heteroatoms. The summed E-state index contributed by atoms with van der Waals surface area (Å²) in [4.78, 5) is 24.5. The summed E-state index contributed by atoms with van der Waals surface area (Å²) in [5.74, 6) is -0.806. The van der Waals surface area contributed by atoms with Crippen molar-refractivity contribution in [3.8, 4) is 0 Å². The van der Waals surface area contributed by atoms with E-state index in [-0.39, 0.29) is 31.1 Å². The van der Waals surface area contributed by atoms with Crippen LogP contribution in [0.2, 0.25) is 0 Å². The molecule has 2 atom stereocenters. The number of urea groups is 1. The summed E-state index contributed by atoms with van der Waals surface area (Å²) >= 11 is 0. The van der Waals surface area contributed by atoms with E-state index < -0.39 is 12.1 Å². The Morgan fingerprint density at radius 1 is 1.50 bits per heavy atom. The average Bonchev–Trinajstić information content (AvgIpc) is 2.42. The molecule has 2 unspecified atom stereocenters. The minimum atomic E-state index is -1.04. The van der Waals surface area contributed by atoms with E-state index in [0.29, 0.717) is 19.8 Å². The van der Waals surface area contributed by atoms with Crippen LogP contribution in [-0.2, 0) is 14.3 Å². The number of aliphatic carboxylic acids is 1. The Morgan fingerprint density at radius 2 is 2.20 bits per heavy atom. The van der Waals surface area contributed by atoms with Crippen LogP contribution in [0.1, 0.15) is 20.8 Å². The Morgan fingerprint density at radius 3 is 2.75 bits per heavy atom. The molecule has 1 heterocycles. The highest BCUT2D eigenvalue weighted by Crippen LogP contribution is 2.08. The fourth-order valence-electron chi connectivity index (χ4n) is 1.88. The lowest BCUT2D eigenvalue weighted by Gasteiger charge is -2.33. The smallest absolute Gasteiger partial charge is 0.334 e. The minimum Gasteiger partial charge on any atom is -0.479 e. The SMILES string of the molecule is CCOCC(NC(=O)N1CCOC(C(=O)O)C1)C(C)C. The number of morpholine rings is 1. The van der Waals surface area contributed by atoms with Gasteiger partial charge in [0.05, 0.1) is 25.8 Å². The zero-order valence-corrected chi connectivity index (χ0v) is 12.3. The van der Waals surface area contributed by atoms with E-state index in [1.165, 1.54) is 4.90 Å². The molecule has 0 spiro atoms. The zero-order valence-electron chi connectivity index (χ0n) is 12.3. The second kappa shape index (κ2) is 8.06. The van der Waals surface area contributed by atoms with Crippen LogP contribution < -0.4 is 5.32 Å². The monoisotopic (exact) mass is 288 g/mol. The van der Waals surface area contributed by atoms with E-state index >= 15 is 0 Å². The quantitative estimate of drug-likeness (QED) is 0.745. The fraction of sp³-hybridized carbons (Fsp3) is 0.846. The molecule has 2 amide bonds. The molecule has 1 aliphatic rings. The van der Waals surface area contributed by atoms with Gasteiger partial charge in [-0.05, 0) is 12.8 Å². The van der Waals surface area contributed by atoms with Crippen LogP contribution >= 0.6 is 0 Å². The van der Waals surface area contributed by atoms with Gasteiger partial charge in [0.1, 0.15) is 0 Å². The Kier molecular flexibility index (Phi) is 6.74. The van der Waals surface area contributed by atoms with Crippen LogP contribution in [0.4, 0.5) is 4.79 Å². The molecule has 2 N–H and O–H groups in total. The lowest BCUT2D eigenvalue weighted by atomic mass is 10.1. The van der Waals surface area contributed by atoms with Gasteiger partial charge < -0.3 is 24.8 Å². The molecule has 0 saturated carbocycles. The second-order valence-corrected chi connectivity index (χ2v) is 5.10. The van der Waals surface area contributed by atoms with Crippen molar-refractivity contribution in [2.75, 3.05) is 32.9 Å². The predicted octanol–water partition coefficient (Wildman–Crippen LogP) is 0.543. The molecule has 1 saturated heterocycles. The van der Waals surface area contributed by atoms with Crippen molar-refractivity contribution >= 4 is 12.0 Å². The van der Waals surface area contributed by atoms with Gasteiger partial charge >= 0.3 is 12.0 Å². The summed E-state index contributed by atoms with van der Waals surface area (Å²) in [6.07, 6.45) is -0.945. The van der Waals surface area contributed by atoms with Crippen LogP contribution in [-0.4, -0.2) is 67.1 Å². The average molecular weight is 288 g/mol. The molecule has 1 fully saturated rings. The van der Waals surface area contributed by atoms with Crippen molar-refractivity contribution in [2.24, 2.45) is 5.92 Å². The Bertz CT molecular complexity index is 335. The number of rotatable bonds is 6. The van der Waals surface area contributed by atoms with Crippen molar-refractivity contribution in [1.82, 2.24) is 10.2 Å². The van der Waals surface area contributed by atoms with Crippen molar-refractivity contribution in [3.05, 3.63) is 0 Å². The first-order valence-electron chi connectivity index (χ1n) is 6.93. The van der Waals surface area contributed by atoms with Gasteiger partial charge in [-0.3, -0.25) is 0 Å². The number of carbonyl (C=O) groups is 2. The molecule has 0 radical (unpaired) electrons. The van der Waals surface area contributed by atoms with Crippen LogP contribution in [0.5, 0.6) is 0 Å². The summed E-state index contributed by atoms with van der Waals surface area (Å²) in [5.41, 5.74) is 0. The third-order valence-electron chi connectivity index (χ3n) is 3.24. The van der Waals surface area contributed by atoms with Gasteiger partial charge in [-0.1, -0.05) is 13.8 Å². The molecule has 0 aromatic carbocycles. The molecule has 0 bridgehead atoms. The van der Waals surface area contributed by atoms with Crippen LogP contribution in [0.3, 0.4) is 0 Å². The van der Waals surface area contributed by atoms with Gasteiger partial charge in [0.2, 0.25) is 0 Å². The number of amides is 2. The maximum atomic E-state index is 12.2. The molecule has 1 aliphatic heterocycles. The van der Waals surface area contributed by atoms with E-state index in [1.807, 2.05) is 20.8 Å². The number of hydrogen-bond donors (Lipinski definition) is 2. The third kappa shape index (κ3) is 4.97. The van der Waals surface area contributed by atoms with Gasteiger partial charge in [0.15, 0.2) is 6.10 Å². The van der Waals surface area contributed by atoms with Crippen molar-refractivity contribution in [1.29, 1.82) is 0 Å². The van der Waals surface area contributed by atoms with E-state index in [2.05, 4.69) is 5.32 Å². The molecular formula is C13H24N2O5. The largest absolute Gasteiger partial charge is 0.479 e. The summed E-state index contributed by atoms with van der Waals surface area (Å²) in [7, 11) is 0. The normalized spacial score (nSPS) is 20.8. The highest BCUT2D eigenvalue weighted by molar-refractivity contribution is 5.77. The molecule has 0 aromatic heterocycles. The number of carboxylic acid groups (broad SMARTS) is 1. The first-order chi connectivity index (χ1) is 9.45. The molecule has 116 valence electrons. The summed E-state index contributed by atoms with van der Waals surface area (Å²) in [6.45, 7) is 7.66. The van der Waals surface area contributed by atoms with Crippen LogP contribution in [0.25, 0.3) is 0 Å². The van der Waals surface area contributed by atoms with E-state index in [9.17, 15) is 9.59 Å². The van der Waals surface area contributed by atoms with Gasteiger partial charge in [-0.2, -0.15) is 0 Å². The van der Waals surface area contributed by atoms with Crippen molar-refractivity contribution in [2.45, 2.75) is 32.9 Å². The number of hydrogen-bond acceptors (Lipinski definition) is 4. The summed E-state index contributed by atoms with van der Waals surface area (Å²) in [6, 6.07) is -0.355. The number of nitrogens with one attached hydrogen (secondary N) is 1. The standard InChI is InChI=1S/C13H24N2O5/c1-4-19-8-10(9(2)3)14-13(18)15-5-6-20-11(7-15)12(16)17/h9-11H,4-8H2,1-3H3,(H,14,18)(H,16,17). The second-order valence-electron chi connectivity index (χ2n) is 5.10. The Labute approximate surface area is 119 Å². The number of nitrogens with zero attached hydrogens (tertiary/aromatic N) is 1. The molecule has 0 aromatic rings. The minimum absolute atomic E-state index is 0.0701. The molecule has 7 nitrogen and oxygen atoms in total. The first-order valence-corrected chi connectivity index (χ1v) is 6.93. The first kappa shape index (κ1) is 16.7. The molecule has 20 heavy (non-hydrogen) atoms.